The number of nitrogens with zero attached hydrogens (tertiary/aromatic N) is 6. The highest BCUT2D eigenvalue weighted by molar-refractivity contribution is 5.85. The summed E-state index contributed by atoms with van der Waals surface area (Å²) in [4.78, 5) is 16.0. The Balaban J connectivity index is 1.09. The van der Waals surface area contributed by atoms with Crippen LogP contribution in [0.1, 0.15) is 31.6 Å². The number of morpholine rings is 1. The molecule has 0 atom stereocenters. The molecular formula is C26H29N7O3. The lowest BCUT2D eigenvalue weighted by atomic mass is 9.93. The molecule has 10 nitrogen and oxygen atoms in total. The van der Waals surface area contributed by atoms with Crippen LogP contribution in [0.2, 0.25) is 0 Å². The Kier molecular flexibility index (Phi) is 6.33. The maximum atomic E-state index is 6.54. The van der Waals surface area contributed by atoms with Gasteiger partial charge in [-0.15, -0.1) is 10.2 Å². The van der Waals surface area contributed by atoms with E-state index in [1.165, 1.54) is 0 Å². The maximum absolute atomic E-state index is 6.54. The van der Waals surface area contributed by atoms with Gasteiger partial charge in [0, 0.05) is 56.4 Å². The molecule has 4 aromatic rings. The Bertz CT molecular complexity index is 1310. The first-order chi connectivity index (χ1) is 17.7. The standard InChI is InChI=1S/C26H29N7O3/c1-17-31-32-26(35-17)18-2-7-24(29-16-18)30-19-3-5-21(6-4-19)36-23-15-20(33-10-12-34-13-11-33)14-22-25(23)28-9-8-27-22/h2,7-9,14-16,19,21H,3-6,10-13H2,1H3,(H,29,30)/t19-,21+. The minimum atomic E-state index is 0.143. The summed E-state index contributed by atoms with van der Waals surface area (Å²) in [6.45, 7) is 4.98. The summed E-state index contributed by atoms with van der Waals surface area (Å²) >= 11 is 0. The van der Waals surface area contributed by atoms with Gasteiger partial charge in [-0.1, -0.05) is 0 Å². The fourth-order valence-corrected chi connectivity index (χ4v) is 4.86. The number of aryl methyl sites for hydroxylation is 1. The smallest absolute Gasteiger partial charge is 0.249 e. The fraction of sp³-hybridized carbons (Fsp3) is 0.423. The molecular weight excluding hydrogens is 458 g/mol. The second-order valence-electron chi connectivity index (χ2n) is 9.26. The summed E-state index contributed by atoms with van der Waals surface area (Å²) in [5, 5.41) is 11.5. The van der Waals surface area contributed by atoms with E-state index in [1.54, 1.807) is 25.5 Å². The molecule has 36 heavy (non-hydrogen) atoms. The zero-order valence-electron chi connectivity index (χ0n) is 20.3. The predicted molar refractivity (Wildman–Crippen MR) is 135 cm³/mol. The number of rotatable bonds is 6. The van der Waals surface area contributed by atoms with Crippen molar-refractivity contribution in [2.24, 2.45) is 0 Å². The molecule has 1 saturated carbocycles. The van der Waals surface area contributed by atoms with Crippen molar-refractivity contribution in [1.29, 1.82) is 0 Å². The van der Waals surface area contributed by atoms with Gasteiger partial charge < -0.3 is 24.1 Å². The van der Waals surface area contributed by atoms with E-state index in [4.69, 9.17) is 13.9 Å². The molecule has 1 aliphatic heterocycles. The summed E-state index contributed by atoms with van der Waals surface area (Å²) in [6.07, 6.45) is 9.29. The minimum absolute atomic E-state index is 0.143. The van der Waals surface area contributed by atoms with Gasteiger partial charge in [0.05, 0.1) is 30.4 Å². The molecule has 2 fully saturated rings. The van der Waals surface area contributed by atoms with E-state index in [0.29, 0.717) is 17.8 Å². The van der Waals surface area contributed by atoms with Crippen LogP contribution in [0.3, 0.4) is 0 Å². The summed E-state index contributed by atoms with van der Waals surface area (Å²) in [5.74, 6) is 2.68. The molecule has 10 heteroatoms. The van der Waals surface area contributed by atoms with Gasteiger partial charge in [0.2, 0.25) is 11.8 Å². The van der Waals surface area contributed by atoms with Crippen LogP contribution >= 0.6 is 0 Å². The van der Waals surface area contributed by atoms with Crippen LogP contribution in [-0.4, -0.2) is 63.6 Å². The number of pyridine rings is 1. The number of fused-ring (bicyclic) bond motifs is 1. The van der Waals surface area contributed by atoms with Gasteiger partial charge in [0.1, 0.15) is 17.1 Å². The molecule has 1 aliphatic carbocycles. The van der Waals surface area contributed by atoms with Gasteiger partial charge >= 0.3 is 0 Å². The van der Waals surface area contributed by atoms with E-state index < -0.39 is 0 Å². The largest absolute Gasteiger partial charge is 0.488 e. The molecule has 1 aromatic carbocycles. The molecule has 0 spiro atoms. The Morgan fingerprint density at radius 1 is 0.972 bits per heavy atom. The zero-order valence-corrected chi connectivity index (χ0v) is 20.3. The number of hydrogen-bond donors (Lipinski definition) is 1. The van der Waals surface area contributed by atoms with E-state index in [-0.39, 0.29) is 6.10 Å². The van der Waals surface area contributed by atoms with Gasteiger partial charge in [-0.25, -0.2) is 9.97 Å². The van der Waals surface area contributed by atoms with Crippen LogP contribution in [0.4, 0.5) is 11.5 Å². The van der Waals surface area contributed by atoms with Crippen molar-refractivity contribution in [2.75, 3.05) is 36.5 Å². The Hall–Kier alpha value is -3.79. The lowest BCUT2D eigenvalue weighted by molar-refractivity contribution is 0.122. The van der Waals surface area contributed by atoms with E-state index in [2.05, 4.69) is 47.5 Å². The molecule has 186 valence electrons. The van der Waals surface area contributed by atoms with Crippen molar-refractivity contribution < 1.29 is 13.9 Å². The molecule has 0 amide bonds. The number of anilines is 2. The molecule has 1 saturated heterocycles. The van der Waals surface area contributed by atoms with Crippen LogP contribution in [0.5, 0.6) is 5.75 Å². The predicted octanol–water partition coefficient (Wildman–Crippen LogP) is 4.02. The summed E-state index contributed by atoms with van der Waals surface area (Å²) < 4.78 is 17.5. The number of aromatic nitrogens is 5. The normalized spacial score (nSPS) is 20.4. The Labute approximate surface area is 209 Å². The fourth-order valence-electron chi connectivity index (χ4n) is 4.86. The van der Waals surface area contributed by atoms with Crippen molar-refractivity contribution >= 4 is 22.5 Å². The van der Waals surface area contributed by atoms with Crippen molar-refractivity contribution in [1.82, 2.24) is 25.1 Å². The first-order valence-electron chi connectivity index (χ1n) is 12.5. The quantitative estimate of drug-likeness (QED) is 0.428. The van der Waals surface area contributed by atoms with Crippen LogP contribution in [-0.2, 0) is 4.74 Å². The third-order valence-electron chi connectivity index (χ3n) is 6.76. The molecule has 0 bridgehead atoms. The Morgan fingerprint density at radius 3 is 2.56 bits per heavy atom. The van der Waals surface area contributed by atoms with Crippen molar-refractivity contribution in [3.05, 3.63) is 48.7 Å². The van der Waals surface area contributed by atoms with Gasteiger partial charge in [0.25, 0.3) is 0 Å². The number of ether oxygens (including phenoxy) is 2. The number of hydrogen-bond acceptors (Lipinski definition) is 10. The minimum Gasteiger partial charge on any atom is -0.488 e. The lowest BCUT2D eigenvalue weighted by Crippen LogP contribution is -2.36. The van der Waals surface area contributed by atoms with Gasteiger partial charge in [-0.2, -0.15) is 0 Å². The van der Waals surface area contributed by atoms with E-state index in [9.17, 15) is 0 Å². The van der Waals surface area contributed by atoms with Crippen LogP contribution < -0.4 is 15.0 Å². The van der Waals surface area contributed by atoms with Gasteiger partial charge in [-0.05, 0) is 43.9 Å². The SMILES string of the molecule is Cc1nnc(-c2ccc(N[C@H]3CC[C@@H](Oc4cc(N5CCOCC5)cc5nccnc45)CC3)nc2)o1. The molecule has 6 rings (SSSR count). The Morgan fingerprint density at radius 2 is 1.81 bits per heavy atom. The highest BCUT2D eigenvalue weighted by atomic mass is 16.5. The second kappa shape index (κ2) is 10.1. The lowest BCUT2D eigenvalue weighted by Gasteiger charge is -2.31. The molecule has 0 radical (unpaired) electrons. The average molecular weight is 488 g/mol. The van der Waals surface area contributed by atoms with Crippen LogP contribution in [0, 0.1) is 6.92 Å². The first kappa shape index (κ1) is 22.7. The van der Waals surface area contributed by atoms with Crippen LogP contribution in [0.15, 0.2) is 47.3 Å². The molecule has 4 heterocycles. The zero-order chi connectivity index (χ0) is 24.3. The average Bonchev–Trinajstić information content (AvgIpc) is 3.37. The third kappa shape index (κ3) is 4.94. The van der Waals surface area contributed by atoms with E-state index in [0.717, 1.165) is 85.8 Å². The highest BCUT2D eigenvalue weighted by Gasteiger charge is 2.24. The number of nitrogens with one attached hydrogen (secondary N) is 1. The van der Waals surface area contributed by atoms with Crippen LogP contribution in [0.25, 0.3) is 22.5 Å². The van der Waals surface area contributed by atoms with Gasteiger partial charge in [0.15, 0.2) is 0 Å². The summed E-state index contributed by atoms with van der Waals surface area (Å²) in [5.41, 5.74) is 3.60. The monoisotopic (exact) mass is 487 g/mol. The third-order valence-corrected chi connectivity index (χ3v) is 6.76. The molecule has 3 aromatic heterocycles. The topological polar surface area (TPSA) is 111 Å². The van der Waals surface area contributed by atoms with E-state index in [1.807, 2.05) is 12.1 Å². The van der Waals surface area contributed by atoms with Gasteiger partial charge in [-0.3, -0.25) is 4.98 Å². The second-order valence-corrected chi connectivity index (χ2v) is 9.26. The van der Waals surface area contributed by atoms with Crippen molar-refractivity contribution in [3.63, 3.8) is 0 Å². The van der Waals surface area contributed by atoms with E-state index >= 15 is 0 Å². The molecule has 1 N–H and O–H groups in total. The van der Waals surface area contributed by atoms with Crippen molar-refractivity contribution in [2.45, 2.75) is 44.8 Å². The first-order valence-corrected chi connectivity index (χ1v) is 12.5. The highest BCUT2D eigenvalue weighted by Crippen LogP contribution is 2.33. The molecule has 0 unspecified atom stereocenters. The summed E-state index contributed by atoms with van der Waals surface area (Å²) in [7, 11) is 0. The maximum Gasteiger partial charge on any atom is 0.249 e. The summed E-state index contributed by atoms with van der Waals surface area (Å²) in [6, 6.07) is 8.47. The van der Waals surface area contributed by atoms with Crippen molar-refractivity contribution in [3.8, 4) is 17.2 Å². The molecule has 2 aliphatic rings. The number of benzene rings is 1.